The largest absolute Gasteiger partial charge is 0.370 e. The number of carbonyl (C=O) groups excluding carboxylic acids is 1. The zero-order chi connectivity index (χ0) is 14.3. The molecular weight excluding hydrogens is 238 g/mol. The molecule has 0 atom stereocenters. The Kier molecular flexibility index (Phi) is 6.33. The predicted molar refractivity (Wildman–Crippen MR) is 79.6 cm³/mol. The summed E-state index contributed by atoms with van der Waals surface area (Å²) in [7, 11) is 1.85. The van der Waals surface area contributed by atoms with Crippen molar-refractivity contribution in [2.45, 2.75) is 40.0 Å². The van der Waals surface area contributed by atoms with Crippen LogP contribution >= 0.6 is 0 Å². The Hall–Kier alpha value is -1.58. The molecular formula is C15H25N3O. The summed E-state index contributed by atoms with van der Waals surface area (Å²) in [5, 5.41) is 3.19. The Bertz CT molecular complexity index is 394. The highest BCUT2D eigenvalue weighted by Crippen LogP contribution is 2.14. The van der Waals surface area contributed by atoms with Crippen LogP contribution in [-0.4, -0.2) is 35.9 Å². The Balaban J connectivity index is 3.00. The van der Waals surface area contributed by atoms with Crippen molar-refractivity contribution < 1.29 is 4.79 Å². The van der Waals surface area contributed by atoms with E-state index in [4.69, 9.17) is 0 Å². The van der Waals surface area contributed by atoms with Gasteiger partial charge in [-0.3, -0.25) is 4.79 Å². The van der Waals surface area contributed by atoms with Crippen LogP contribution in [0.25, 0.3) is 0 Å². The van der Waals surface area contributed by atoms with E-state index in [-0.39, 0.29) is 5.91 Å². The topological polar surface area (TPSA) is 45.2 Å². The average Bonchev–Trinajstić information content (AvgIpc) is 2.38. The lowest BCUT2D eigenvalue weighted by Gasteiger charge is -2.17. The molecule has 1 aromatic heterocycles. The Labute approximate surface area is 116 Å². The summed E-state index contributed by atoms with van der Waals surface area (Å²) in [5.41, 5.74) is 1.71. The van der Waals surface area contributed by atoms with E-state index < -0.39 is 0 Å². The number of hydrogen-bond donors (Lipinski definition) is 1. The number of rotatable bonds is 7. The van der Waals surface area contributed by atoms with Gasteiger partial charge in [-0.1, -0.05) is 20.3 Å². The summed E-state index contributed by atoms with van der Waals surface area (Å²) in [6, 6.07) is 3.76. The number of aryl methyl sites for hydroxylation is 1. The number of carbonyl (C=O) groups is 1. The molecule has 0 saturated heterocycles. The highest BCUT2D eigenvalue weighted by atomic mass is 16.2. The first-order chi connectivity index (χ1) is 9.12. The number of amides is 1. The number of aromatic nitrogens is 1. The van der Waals surface area contributed by atoms with E-state index in [1.165, 1.54) is 0 Å². The molecule has 0 spiro atoms. The average molecular weight is 263 g/mol. The zero-order valence-corrected chi connectivity index (χ0v) is 12.5. The van der Waals surface area contributed by atoms with E-state index in [1.54, 1.807) is 4.90 Å². The molecule has 1 rings (SSSR count). The zero-order valence-electron chi connectivity index (χ0n) is 12.5. The molecule has 0 bridgehead atoms. The maximum absolute atomic E-state index is 12.3. The second kappa shape index (κ2) is 7.77. The van der Waals surface area contributed by atoms with Gasteiger partial charge in [0.05, 0.1) is 0 Å². The van der Waals surface area contributed by atoms with Crippen LogP contribution in [0.4, 0.5) is 5.82 Å². The molecule has 0 aliphatic heterocycles. The van der Waals surface area contributed by atoms with E-state index in [0.29, 0.717) is 0 Å². The van der Waals surface area contributed by atoms with Crippen molar-refractivity contribution in [2.75, 3.05) is 25.5 Å². The molecule has 0 radical (unpaired) electrons. The number of hydrogen-bond acceptors (Lipinski definition) is 3. The van der Waals surface area contributed by atoms with Crippen LogP contribution in [-0.2, 0) is 6.42 Å². The fourth-order valence-electron chi connectivity index (χ4n) is 2.02. The van der Waals surface area contributed by atoms with E-state index >= 15 is 0 Å². The van der Waals surface area contributed by atoms with Crippen LogP contribution in [0.5, 0.6) is 0 Å². The molecule has 1 amide bonds. The Morgan fingerprint density at radius 1 is 1.26 bits per heavy atom. The van der Waals surface area contributed by atoms with Gasteiger partial charge in [0.2, 0.25) is 0 Å². The minimum atomic E-state index is 0.0701. The number of nitrogens with zero attached hydrogens (tertiary/aromatic N) is 2. The van der Waals surface area contributed by atoms with E-state index in [2.05, 4.69) is 24.1 Å². The summed E-state index contributed by atoms with van der Waals surface area (Å²) >= 11 is 0. The molecule has 19 heavy (non-hydrogen) atoms. The van der Waals surface area contributed by atoms with E-state index in [0.717, 1.165) is 49.4 Å². The molecule has 1 aromatic rings. The third kappa shape index (κ3) is 4.54. The normalized spacial score (nSPS) is 10.3. The third-order valence-corrected chi connectivity index (χ3v) is 2.90. The molecule has 4 nitrogen and oxygen atoms in total. The van der Waals surface area contributed by atoms with Crippen molar-refractivity contribution in [3.05, 3.63) is 23.4 Å². The van der Waals surface area contributed by atoms with Crippen LogP contribution < -0.4 is 5.32 Å². The van der Waals surface area contributed by atoms with Gasteiger partial charge in [-0.2, -0.15) is 0 Å². The van der Waals surface area contributed by atoms with Crippen LogP contribution in [0.15, 0.2) is 12.1 Å². The van der Waals surface area contributed by atoms with Crippen molar-refractivity contribution in [3.63, 3.8) is 0 Å². The molecule has 0 aromatic carbocycles. The number of pyridine rings is 1. The summed E-state index contributed by atoms with van der Waals surface area (Å²) in [6.07, 6.45) is 2.90. The number of nitrogens with one attached hydrogen (secondary N) is 1. The maximum atomic E-state index is 12.3. The Morgan fingerprint density at radius 3 is 2.58 bits per heavy atom. The summed E-state index contributed by atoms with van der Waals surface area (Å²) in [5.74, 6) is 0.863. The van der Waals surface area contributed by atoms with Gasteiger partial charge >= 0.3 is 0 Å². The lowest BCUT2D eigenvalue weighted by molar-refractivity contribution is 0.0795. The van der Waals surface area contributed by atoms with Crippen LogP contribution in [0.1, 0.15) is 49.7 Å². The molecule has 0 fully saturated rings. The molecule has 1 heterocycles. The molecule has 0 saturated carbocycles. The fraction of sp³-hybridized carbons (Fsp3) is 0.600. The van der Waals surface area contributed by atoms with Gasteiger partial charge in [0.15, 0.2) is 0 Å². The predicted octanol–water partition coefficient (Wildman–Crippen LogP) is 2.95. The van der Waals surface area contributed by atoms with Gasteiger partial charge in [-0.25, -0.2) is 4.98 Å². The first-order valence-electron chi connectivity index (χ1n) is 7.12. The lowest BCUT2D eigenvalue weighted by atomic mass is 10.1. The molecule has 106 valence electrons. The first kappa shape index (κ1) is 15.5. The molecule has 1 N–H and O–H groups in total. The molecule has 0 unspecified atom stereocenters. The van der Waals surface area contributed by atoms with Gasteiger partial charge in [0, 0.05) is 31.4 Å². The fourth-order valence-corrected chi connectivity index (χ4v) is 2.02. The van der Waals surface area contributed by atoms with Crippen molar-refractivity contribution in [3.8, 4) is 0 Å². The standard InChI is InChI=1S/C15H25N3O/c1-5-8-13-10-12(11-14(17-13)16-7-3)15(19)18(4)9-6-2/h10-11H,5-9H2,1-4H3,(H,16,17). The highest BCUT2D eigenvalue weighted by Gasteiger charge is 2.13. The summed E-state index contributed by atoms with van der Waals surface area (Å²) in [6.45, 7) is 7.80. The quantitative estimate of drug-likeness (QED) is 0.822. The maximum Gasteiger partial charge on any atom is 0.253 e. The Morgan fingerprint density at radius 2 is 2.00 bits per heavy atom. The van der Waals surface area contributed by atoms with Gasteiger partial charge in [0.1, 0.15) is 5.82 Å². The van der Waals surface area contributed by atoms with Crippen molar-refractivity contribution >= 4 is 11.7 Å². The SMILES string of the molecule is CCCc1cc(C(=O)N(C)CCC)cc(NCC)n1. The van der Waals surface area contributed by atoms with E-state index in [9.17, 15) is 4.79 Å². The number of anilines is 1. The van der Waals surface area contributed by atoms with Crippen LogP contribution in [0, 0.1) is 0 Å². The van der Waals surface area contributed by atoms with Crippen LogP contribution in [0.3, 0.4) is 0 Å². The van der Waals surface area contributed by atoms with Gasteiger partial charge in [0.25, 0.3) is 5.91 Å². The van der Waals surface area contributed by atoms with Gasteiger partial charge < -0.3 is 10.2 Å². The molecule has 4 heteroatoms. The van der Waals surface area contributed by atoms with Crippen molar-refractivity contribution in [1.82, 2.24) is 9.88 Å². The molecule has 0 aliphatic carbocycles. The van der Waals surface area contributed by atoms with Crippen molar-refractivity contribution in [2.24, 2.45) is 0 Å². The molecule has 0 aliphatic rings. The van der Waals surface area contributed by atoms with Gasteiger partial charge in [-0.15, -0.1) is 0 Å². The van der Waals surface area contributed by atoms with Crippen molar-refractivity contribution in [1.29, 1.82) is 0 Å². The first-order valence-corrected chi connectivity index (χ1v) is 7.12. The van der Waals surface area contributed by atoms with E-state index in [1.807, 2.05) is 26.1 Å². The highest BCUT2D eigenvalue weighted by molar-refractivity contribution is 5.94. The van der Waals surface area contributed by atoms with Gasteiger partial charge in [-0.05, 0) is 31.9 Å². The second-order valence-electron chi connectivity index (χ2n) is 4.74. The second-order valence-corrected chi connectivity index (χ2v) is 4.74. The minimum absolute atomic E-state index is 0.0701. The summed E-state index contributed by atoms with van der Waals surface area (Å²) in [4.78, 5) is 18.6. The minimum Gasteiger partial charge on any atom is -0.370 e. The van der Waals surface area contributed by atoms with Crippen LogP contribution in [0.2, 0.25) is 0 Å². The summed E-state index contributed by atoms with van der Waals surface area (Å²) < 4.78 is 0. The smallest absolute Gasteiger partial charge is 0.253 e. The lowest BCUT2D eigenvalue weighted by Crippen LogP contribution is -2.27. The monoisotopic (exact) mass is 263 g/mol. The third-order valence-electron chi connectivity index (χ3n) is 2.90.